The van der Waals surface area contributed by atoms with Crippen LogP contribution in [0.1, 0.15) is 16.2 Å². The maximum Gasteiger partial charge on any atom is 0.374 e. The maximum atomic E-state index is 11.3. The number of ether oxygens (including phenoxy) is 1. The molecular formula is C10H10N2O2. The van der Waals surface area contributed by atoms with Gasteiger partial charge in [0.1, 0.15) is 0 Å². The summed E-state index contributed by atoms with van der Waals surface area (Å²) < 4.78 is 6.34. The number of rotatable bonds is 1. The van der Waals surface area contributed by atoms with E-state index < -0.39 is 5.97 Å². The molecule has 2 aromatic heterocycles. The molecule has 0 N–H and O–H groups in total. The molecule has 0 aromatic carbocycles. The quantitative estimate of drug-likeness (QED) is 0.639. The molecular weight excluding hydrogens is 180 g/mol. The van der Waals surface area contributed by atoms with E-state index in [1.807, 2.05) is 19.1 Å². The number of carbonyl (C=O) groups is 1. The predicted octanol–water partition coefficient (Wildman–Crippen LogP) is 1.43. The van der Waals surface area contributed by atoms with Crippen molar-refractivity contribution in [3.8, 4) is 0 Å². The first kappa shape index (κ1) is 8.74. The first-order valence-electron chi connectivity index (χ1n) is 4.25. The lowest BCUT2D eigenvalue weighted by Crippen LogP contribution is -2.06. The molecule has 2 aromatic rings. The molecule has 14 heavy (non-hydrogen) atoms. The van der Waals surface area contributed by atoms with Gasteiger partial charge in [0.25, 0.3) is 0 Å². The van der Waals surface area contributed by atoms with Crippen LogP contribution in [0.5, 0.6) is 0 Å². The van der Waals surface area contributed by atoms with Gasteiger partial charge in [-0.25, -0.2) is 9.78 Å². The van der Waals surface area contributed by atoms with Crippen molar-refractivity contribution in [3.63, 3.8) is 0 Å². The number of aryl methyl sites for hydroxylation is 1. The molecule has 72 valence electrons. The third-order valence-corrected chi connectivity index (χ3v) is 2.15. The molecule has 0 spiro atoms. The number of methoxy groups -OCH3 is 1. The Morgan fingerprint density at radius 3 is 3.07 bits per heavy atom. The second kappa shape index (κ2) is 3.14. The molecule has 0 fully saturated rings. The van der Waals surface area contributed by atoms with Gasteiger partial charge in [-0.05, 0) is 18.6 Å². The van der Waals surface area contributed by atoms with Crippen LogP contribution in [0.25, 0.3) is 5.52 Å². The summed E-state index contributed by atoms with van der Waals surface area (Å²) in [4.78, 5) is 15.3. The Labute approximate surface area is 81.1 Å². The largest absolute Gasteiger partial charge is 0.463 e. The average molecular weight is 190 g/mol. The summed E-state index contributed by atoms with van der Waals surface area (Å²) in [5.74, 6) is -0.109. The highest BCUT2D eigenvalue weighted by atomic mass is 16.5. The van der Waals surface area contributed by atoms with Crippen molar-refractivity contribution in [1.82, 2.24) is 9.38 Å². The number of esters is 1. The number of nitrogens with zero attached hydrogens (tertiary/aromatic N) is 2. The van der Waals surface area contributed by atoms with Crippen molar-refractivity contribution >= 4 is 11.5 Å². The Hall–Kier alpha value is -1.84. The third kappa shape index (κ3) is 1.16. The van der Waals surface area contributed by atoms with Crippen LogP contribution < -0.4 is 0 Å². The summed E-state index contributed by atoms with van der Waals surface area (Å²) in [7, 11) is 1.35. The van der Waals surface area contributed by atoms with Crippen LogP contribution in [0, 0.1) is 6.92 Å². The van der Waals surface area contributed by atoms with Crippen molar-refractivity contribution < 1.29 is 9.53 Å². The molecule has 0 amide bonds. The van der Waals surface area contributed by atoms with Crippen molar-refractivity contribution in [2.24, 2.45) is 0 Å². The summed E-state index contributed by atoms with van der Waals surface area (Å²) in [6.45, 7) is 1.97. The first-order chi connectivity index (χ1) is 6.74. The molecule has 0 aliphatic carbocycles. The van der Waals surface area contributed by atoms with Crippen LogP contribution in [0.15, 0.2) is 24.5 Å². The topological polar surface area (TPSA) is 43.6 Å². The monoisotopic (exact) mass is 190 g/mol. The van der Waals surface area contributed by atoms with Gasteiger partial charge in [-0.1, -0.05) is 6.07 Å². The minimum absolute atomic E-state index is 0.311. The van der Waals surface area contributed by atoms with E-state index in [9.17, 15) is 4.79 Å². The van der Waals surface area contributed by atoms with E-state index in [-0.39, 0.29) is 0 Å². The molecule has 0 atom stereocenters. The van der Waals surface area contributed by atoms with Gasteiger partial charge in [-0.15, -0.1) is 0 Å². The zero-order valence-electron chi connectivity index (χ0n) is 8.02. The Kier molecular flexibility index (Phi) is 1.96. The minimum atomic E-state index is -0.421. The molecule has 0 unspecified atom stereocenters. The highest BCUT2D eigenvalue weighted by Gasteiger charge is 2.12. The molecule has 0 bridgehead atoms. The second-order valence-corrected chi connectivity index (χ2v) is 3.02. The zero-order valence-corrected chi connectivity index (χ0v) is 8.02. The molecule has 0 saturated carbocycles. The zero-order chi connectivity index (χ0) is 10.1. The first-order valence-corrected chi connectivity index (χ1v) is 4.25. The van der Waals surface area contributed by atoms with Gasteiger partial charge in [0.15, 0.2) is 0 Å². The molecule has 0 aliphatic heterocycles. The number of hydrogen-bond acceptors (Lipinski definition) is 3. The lowest BCUT2D eigenvalue weighted by molar-refractivity contribution is 0.0586. The van der Waals surface area contributed by atoms with Crippen molar-refractivity contribution in [2.75, 3.05) is 7.11 Å². The van der Waals surface area contributed by atoms with Gasteiger partial charge in [0.2, 0.25) is 5.82 Å². The Morgan fingerprint density at radius 2 is 2.36 bits per heavy atom. The predicted molar refractivity (Wildman–Crippen MR) is 51.3 cm³/mol. The third-order valence-electron chi connectivity index (χ3n) is 2.15. The Bertz CT molecular complexity index is 488. The fourth-order valence-electron chi connectivity index (χ4n) is 1.40. The number of imidazole rings is 1. The molecule has 4 nitrogen and oxygen atoms in total. The van der Waals surface area contributed by atoms with Gasteiger partial charge in [0.05, 0.1) is 18.8 Å². The van der Waals surface area contributed by atoms with Crippen molar-refractivity contribution in [3.05, 3.63) is 35.9 Å². The van der Waals surface area contributed by atoms with E-state index >= 15 is 0 Å². The summed E-state index contributed by atoms with van der Waals surface area (Å²) in [6.07, 6.45) is 3.46. The summed E-state index contributed by atoms with van der Waals surface area (Å²) in [5.41, 5.74) is 2.00. The summed E-state index contributed by atoms with van der Waals surface area (Å²) in [5, 5.41) is 0. The standard InChI is InChI=1S/C10H10N2O2/c1-7-4-3-5-12-8(7)6-11-9(12)10(13)14-2/h3-6H,1-2H3. The van der Waals surface area contributed by atoms with Crippen LogP contribution in [0.2, 0.25) is 0 Å². The van der Waals surface area contributed by atoms with Crippen molar-refractivity contribution in [1.29, 1.82) is 0 Å². The van der Waals surface area contributed by atoms with Gasteiger partial charge >= 0.3 is 5.97 Å². The molecule has 2 heterocycles. The van der Waals surface area contributed by atoms with E-state index in [4.69, 9.17) is 0 Å². The number of fused-ring (bicyclic) bond motifs is 1. The van der Waals surface area contributed by atoms with Gasteiger partial charge in [0, 0.05) is 6.20 Å². The lowest BCUT2D eigenvalue weighted by Gasteiger charge is -2.00. The molecule has 4 heteroatoms. The highest BCUT2D eigenvalue weighted by molar-refractivity contribution is 5.86. The minimum Gasteiger partial charge on any atom is -0.463 e. The van der Waals surface area contributed by atoms with Crippen molar-refractivity contribution in [2.45, 2.75) is 6.92 Å². The molecule has 0 radical (unpaired) electrons. The van der Waals surface area contributed by atoms with Crippen LogP contribution in [0.3, 0.4) is 0 Å². The van der Waals surface area contributed by atoms with Crippen LogP contribution in [0.4, 0.5) is 0 Å². The van der Waals surface area contributed by atoms with Crippen LogP contribution >= 0.6 is 0 Å². The number of carbonyl (C=O) groups excluding carboxylic acids is 1. The summed E-state index contributed by atoms with van der Waals surface area (Å²) in [6, 6.07) is 3.84. The number of aromatic nitrogens is 2. The Balaban J connectivity index is 2.70. The van der Waals surface area contributed by atoms with Gasteiger partial charge in [-0.2, -0.15) is 0 Å². The molecule has 0 saturated heterocycles. The maximum absolute atomic E-state index is 11.3. The van der Waals surface area contributed by atoms with Crippen LogP contribution in [-0.4, -0.2) is 22.5 Å². The fourth-order valence-corrected chi connectivity index (χ4v) is 1.40. The second-order valence-electron chi connectivity index (χ2n) is 3.02. The normalized spacial score (nSPS) is 10.4. The van der Waals surface area contributed by atoms with E-state index in [1.165, 1.54) is 7.11 Å². The smallest absolute Gasteiger partial charge is 0.374 e. The van der Waals surface area contributed by atoms with E-state index in [0.717, 1.165) is 11.1 Å². The average Bonchev–Trinajstić information content (AvgIpc) is 2.62. The van der Waals surface area contributed by atoms with Crippen LogP contribution in [-0.2, 0) is 4.74 Å². The summed E-state index contributed by atoms with van der Waals surface area (Å²) >= 11 is 0. The van der Waals surface area contributed by atoms with Gasteiger partial charge in [-0.3, -0.25) is 4.40 Å². The number of pyridine rings is 1. The fraction of sp³-hybridized carbons (Fsp3) is 0.200. The highest BCUT2D eigenvalue weighted by Crippen LogP contribution is 2.11. The molecule has 2 rings (SSSR count). The Morgan fingerprint density at radius 1 is 1.57 bits per heavy atom. The van der Waals surface area contributed by atoms with E-state index in [1.54, 1.807) is 16.8 Å². The lowest BCUT2D eigenvalue weighted by atomic mass is 10.3. The SMILES string of the molecule is COC(=O)c1ncc2c(C)cccn12. The van der Waals surface area contributed by atoms with E-state index in [2.05, 4.69) is 9.72 Å². The molecule has 0 aliphatic rings. The van der Waals surface area contributed by atoms with Gasteiger partial charge < -0.3 is 4.74 Å². The number of hydrogen-bond donors (Lipinski definition) is 0. The van der Waals surface area contributed by atoms with E-state index in [0.29, 0.717) is 5.82 Å².